The van der Waals surface area contributed by atoms with E-state index in [1.54, 1.807) is 0 Å². The van der Waals surface area contributed by atoms with Crippen LogP contribution in [-0.2, 0) is 6.42 Å². The van der Waals surface area contributed by atoms with Crippen molar-refractivity contribution in [2.45, 2.75) is 148 Å². The van der Waals surface area contributed by atoms with Gasteiger partial charge in [-0.2, -0.15) is 0 Å². The van der Waals surface area contributed by atoms with Gasteiger partial charge in [0.25, 0.3) is 0 Å². The second-order valence-electron chi connectivity index (χ2n) is 11.3. The minimum Gasteiger partial charge on any atom is -0.326 e. The lowest BCUT2D eigenvalue weighted by atomic mass is 9.97. The van der Waals surface area contributed by atoms with Crippen molar-refractivity contribution in [1.82, 2.24) is 0 Å². The topological polar surface area (TPSA) is 0 Å². The minimum absolute atomic E-state index is 0.753. The molecule has 192 valence electrons. The largest absolute Gasteiger partial charge is 0.326 e. The summed E-state index contributed by atoms with van der Waals surface area (Å²) in [7, 11) is 4.96. The predicted molar refractivity (Wildman–Crippen MR) is 150 cm³/mol. The summed E-state index contributed by atoms with van der Waals surface area (Å²) in [6, 6.07) is 11.9. The van der Waals surface area contributed by atoms with Crippen molar-refractivity contribution in [2.24, 2.45) is 0 Å². The molecule has 1 heteroatoms. The lowest BCUT2D eigenvalue weighted by Gasteiger charge is -2.39. The average molecular weight is 459 g/mol. The maximum absolute atomic E-state index is 2.48. The molecule has 0 amide bonds. The smallest absolute Gasteiger partial charge is 0.0927 e. The van der Waals surface area contributed by atoms with Crippen molar-refractivity contribution in [3.05, 3.63) is 35.9 Å². The van der Waals surface area contributed by atoms with Crippen LogP contribution in [0.25, 0.3) is 0 Å². The van der Waals surface area contributed by atoms with E-state index in [0.29, 0.717) is 0 Å². The number of benzene rings is 1. The molecule has 0 aliphatic carbocycles. The van der Waals surface area contributed by atoms with Gasteiger partial charge in [-0.25, -0.2) is 0 Å². The zero-order valence-corrected chi connectivity index (χ0v) is 23.3. The van der Waals surface area contributed by atoms with Crippen LogP contribution in [0.5, 0.6) is 0 Å². The number of hydrogen-bond acceptors (Lipinski definition) is 0. The minimum atomic E-state index is 0.753. The van der Waals surface area contributed by atoms with E-state index in [1.165, 1.54) is 145 Å². The third-order valence-electron chi connectivity index (χ3n) is 7.78. The number of unbranched alkanes of at least 4 members (excludes halogenated alkanes) is 16. The van der Waals surface area contributed by atoms with Crippen molar-refractivity contribution in [1.29, 1.82) is 0 Å². The van der Waals surface area contributed by atoms with Gasteiger partial charge in [-0.15, -0.1) is 0 Å². The molecule has 0 N–H and O–H groups in total. The maximum Gasteiger partial charge on any atom is 0.0927 e. The molecule has 0 aliphatic rings. The monoisotopic (exact) mass is 458 g/mol. The summed E-state index contributed by atoms with van der Waals surface area (Å²) in [4.78, 5) is 0. The average Bonchev–Trinajstić information content (AvgIpc) is 2.82. The van der Waals surface area contributed by atoms with E-state index in [-0.39, 0.29) is 0 Å². The Morgan fingerprint density at radius 2 is 0.970 bits per heavy atom. The Kier molecular flexibility index (Phi) is 18.8. The molecule has 0 spiro atoms. The van der Waals surface area contributed by atoms with Crippen molar-refractivity contribution in [3.8, 4) is 0 Å². The lowest BCUT2D eigenvalue weighted by Crippen LogP contribution is -2.50. The zero-order valence-electron chi connectivity index (χ0n) is 23.3. The van der Waals surface area contributed by atoms with E-state index >= 15 is 0 Å². The van der Waals surface area contributed by atoms with Crippen molar-refractivity contribution in [2.75, 3.05) is 20.6 Å². The van der Waals surface area contributed by atoms with Crippen LogP contribution in [0.2, 0.25) is 0 Å². The standard InChI is InChI=1S/C32H60N/c1-5-7-9-10-11-12-13-14-15-16-17-18-19-20-21-25-29-33(3,4)32(28-8-6-2)30-31-26-23-22-24-27-31/h22-24,26-27,32H,5-21,25,28-30H2,1-4H3/q+1. The molecule has 1 aromatic rings. The molecule has 0 saturated heterocycles. The third-order valence-corrected chi connectivity index (χ3v) is 7.78. The highest BCUT2D eigenvalue weighted by molar-refractivity contribution is 5.15. The van der Waals surface area contributed by atoms with Crippen LogP contribution in [0, 0.1) is 0 Å². The molecule has 0 fully saturated rings. The van der Waals surface area contributed by atoms with E-state index in [4.69, 9.17) is 0 Å². The Hall–Kier alpha value is -0.820. The summed E-state index contributed by atoms with van der Waals surface area (Å²) in [6.07, 6.45) is 28.5. The summed E-state index contributed by atoms with van der Waals surface area (Å²) >= 11 is 0. The third kappa shape index (κ3) is 16.4. The first-order chi connectivity index (χ1) is 16.1. The van der Waals surface area contributed by atoms with Crippen molar-refractivity contribution < 1.29 is 4.48 Å². The quantitative estimate of drug-likeness (QED) is 0.113. The molecule has 0 saturated carbocycles. The van der Waals surface area contributed by atoms with Crippen molar-refractivity contribution >= 4 is 0 Å². The van der Waals surface area contributed by atoms with Gasteiger partial charge in [0.05, 0.1) is 26.7 Å². The van der Waals surface area contributed by atoms with Gasteiger partial charge >= 0.3 is 0 Å². The van der Waals surface area contributed by atoms with Crippen LogP contribution in [0.1, 0.15) is 141 Å². The number of quaternary nitrogens is 1. The molecule has 1 aromatic carbocycles. The number of nitrogens with zero attached hydrogens (tertiary/aromatic N) is 1. The summed E-state index contributed by atoms with van der Waals surface area (Å²) in [5.74, 6) is 0. The summed E-state index contributed by atoms with van der Waals surface area (Å²) < 4.78 is 1.19. The highest BCUT2D eigenvalue weighted by Gasteiger charge is 2.27. The Balaban J connectivity index is 2.05. The van der Waals surface area contributed by atoms with Gasteiger partial charge < -0.3 is 4.48 Å². The highest BCUT2D eigenvalue weighted by atomic mass is 15.3. The fourth-order valence-electron chi connectivity index (χ4n) is 5.27. The Labute approximate surface area is 209 Å². The summed E-state index contributed by atoms with van der Waals surface area (Å²) in [5.41, 5.74) is 1.51. The molecule has 0 aliphatic heterocycles. The Bertz CT molecular complexity index is 521. The van der Waals surface area contributed by atoms with E-state index in [0.717, 1.165) is 6.04 Å². The molecule has 1 atom stereocenters. The Morgan fingerprint density at radius 3 is 1.42 bits per heavy atom. The number of rotatable bonds is 23. The van der Waals surface area contributed by atoms with Gasteiger partial charge in [-0.05, 0) is 31.2 Å². The molecule has 0 bridgehead atoms. The first kappa shape index (κ1) is 30.2. The SMILES string of the molecule is CCCCCCCCCCCCCCCCCC[N+](C)(C)C(CCCC)Cc1ccccc1. The summed E-state index contributed by atoms with van der Waals surface area (Å²) in [6.45, 7) is 5.96. The van der Waals surface area contributed by atoms with Crippen LogP contribution in [0.15, 0.2) is 30.3 Å². The van der Waals surface area contributed by atoms with Crippen LogP contribution < -0.4 is 0 Å². The molecule has 33 heavy (non-hydrogen) atoms. The highest BCUT2D eigenvalue weighted by Crippen LogP contribution is 2.21. The molecule has 1 rings (SSSR count). The van der Waals surface area contributed by atoms with Crippen molar-refractivity contribution in [3.63, 3.8) is 0 Å². The number of hydrogen-bond donors (Lipinski definition) is 0. The van der Waals surface area contributed by atoms with E-state index < -0.39 is 0 Å². The summed E-state index contributed by atoms with van der Waals surface area (Å²) in [5, 5.41) is 0. The van der Waals surface area contributed by atoms with Crippen LogP contribution in [-0.4, -0.2) is 31.2 Å². The molecular formula is C32H60N+. The van der Waals surface area contributed by atoms with Gasteiger partial charge in [0.1, 0.15) is 0 Å². The van der Waals surface area contributed by atoms with Crippen LogP contribution >= 0.6 is 0 Å². The molecule has 0 heterocycles. The normalized spacial score (nSPS) is 12.8. The van der Waals surface area contributed by atoms with E-state index in [9.17, 15) is 0 Å². The fraction of sp³-hybridized carbons (Fsp3) is 0.812. The van der Waals surface area contributed by atoms with Gasteiger partial charge in [-0.3, -0.25) is 0 Å². The molecule has 0 aromatic heterocycles. The van der Waals surface area contributed by atoms with Gasteiger partial charge in [0, 0.05) is 6.42 Å². The fourth-order valence-corrected chi connectivity index (χ4v) is 5.27. The first-order valence-corrected chi connectivity index (χ1v) is 15.0. The van der Waals surface area contributed by atoms with E-state index in [2.05, 4.69) is 58.3 Å². The lowest BCUT2D eigenvalue weighted by molar-refractivity contribution is -0.915. The molecule has 0 radical (unpaired) electrons. The zero-order chi connectivity index (χ0) is 24.0. The van der Waals surface area contributed by atoms with E-state index in [1.807, 2.05) is 0 Å². The molecule has 1 unspecified atom stereocenters. The van der Waals surface area contributed by atoms with Crippen LogP contribution in [0.3, 0.4) is 0 Å². The second-order valence-corrected chi connectivity index (χ2v) is 11.3. The van der Waals surface area contributed by atoms with Gasteiger partial charge in [-0.1, -0.05) is 140 Å². The van der Waals surface area contributed by atoms with Gasteiger partial charge in [0.15, 0.2) is 0 Å². The first-order valence-electron chi connectivity index (χ1n) is 15.0. The van der Waals surface area contributed by atoms with Gasteiger partial charge in [0.2, 0.25) is 0 Å². The molecule has 1 nitrogen and oxygen atoms in total. The molecular weight excluding hydrogens is 398 g/mol. The Morgan fingerprint density at radius 1 is 0.545 bits per heavy atom. The number of likely N-dealkylation sites (N-methyl/N-ethyl adjacent to an activating group) is 1. The second kappa shape index (κ2) is 20.5. The predicted octanol–water partition coefficient (Wildman–Crippen LogP) is 10.1. The maximum atomic E-state index is 2.48. The van der Waals surface area contributed by atoms with Crippen LogP contribution in [0.4, 0.5) is 0 Å².